The molecule has 3 heterocycles. The molecule has 0 amide bonds. The van der Waals surface area contributed by atoms with E-state index in [0.29, 0.717) is 44.9 Å². The van der Waals surface area contributed by atoms with Crippen molar-refractivity contribution in [3.05, 3.63) is 28.2 Å². The molecule has 3 fully saturated rings. The van der Waals surface area contributed by atoms with Gasteiger partial charge in [0.05, 0.1) is 15.8 Å². The molecule has 3 aliphatic rings. The summed E-state index contributed by atoms with van der Waals surface area (Å²) in [5.41, 5.74) is 0. The molecule has 4 rings (SSSR count). The van der Waals surface area contributed by atoms with E-state index in [0.717, 1.165) is 25.8 Å². The Morgan fingerprint density at radius 2 is 1.46 bits per heavy atom. The zero-order valence-corrected chi connectivity index (χ0v) is 23.9. The highest BCUT2D eigenvalue weighted by atomic mass is 35.5. The lowest BCUT2D eigenvalue weighted by Gasteiger charge is -2.32. The summed E-state index contributed by atoms with van der Waals surface area (Å²) in [5.74, 6) is 0.696. The van der Waals surface area contributed by atoms with Crippen molar-refractivity contribution in [2.24, 2.45) is 11.8 Å². The summed E-state index contributed by atoms with van der Waals surface area (Å²) in [5, 5.41) is 0.225. The Kier molecular flexibility index (Phi) is 10.6. The number of hydrogen-bond donors (Lipinski definition) is 0. The van der Waals surface area contributed by atoms with Crippen LogP contribution in [0, 0.1) is 11.8 Å². The molecule has 0 aromatic heterocycles. The molecular formula is C23H36Cl3N3O4S2. The van der Waals surface area contributed by atoms with Crippen LogP contribution in [0.25, 0.3) is 0 Å². The van der Waals surface area contributed by atoms with Gasteiger partial charge in [-0.3, -0.25) is 0 Å². The number of nitrogens with zero attached hydrogens (tertiary/aromatic N) is 3. The monoisotopic (exact) mass is 587 g/mol. The lowest BCUT2D eigenvalue weighted by molar-refractivity contribution is 0.231. The van der Waals surface area contributed by atoms with Crippen molar-refractivity contribution >= 4 is 55.7 Å². The van der Waals surface area contributed by atoms with Gasteiger partial charge in [-0.2, -0.15) is 4.31 Å². The lowest BCUT2D eigenvalue weighted by atomic mass is 9.94. The van der Waals surface area contributed by atoms with Crippen molar-refractivity contribution in [3.63, 3.8) is 0 Å². The van der Waals surface area contributed by atoms with Gasteiger partial charge in [0.1, 0.15) is 4.90 Å². The second kappa shape index (κ2) is 12.6. The molecular weight excluding hydrogens is 553 g/mol. The maximum absolute atomic E-state index is 13.0. The quantitative estimate of drug-likeness (QED) is 0.429. The molecule has 0 spiro atoms. The van der Waals surface area contributed by atoms with E-state index in [1.165, 1.54) is 36.3 Å². The third kappa shape index (κ3) is 7.25. The highest BCUT2D eigenvalue weighted by Gasteiger charge is 2.35. The first-order valence-corrected chi connectivity index (χ1v) is 16.1. The lowest BCUT2D eigenvalue weighted by Crippen LogP contribution is -2.40. The number of benzene rings is 1. The SMILES string of the molecule is Cl.O=S(=O)(CCC1CCN(S(=O)(=O)c2cccc(Cl)c2Cl)C1)N1CCC(CCN2CCCC2)CC1. The second-order valence-electron chi connectivity index (χ2n) is 9.85. The van der Waals surface area contributed by atoms with Crippen molar-refractivity contribution in [2.45, 2.75) is 49.8 Å². The molecule has 3 saturated heterocycles. The fraction of sp³-hybridized carbons (Fsp3) is 0.739. The average molecular weight is 589 g/mol. The van der Waals surface area contributed by atoms with E-state index in [9.17, 15) is 16.8 Å². The topological polar surface area (TPSA) is 78.0 Å². The summed E-state index contributed by atoms with van der Waals surface area (Å²) in [6, 6.07) is 4.57. The highest BCUT2D eigenvalue weighted by Crippen LogP contribution is 2.34. The van der Waals surface area contributed by atoms with Crippen LogP contribution < -0.4 is 0 Å². The standard InChI is InChI=1S/C23H35Cl2N3O4S2.ClH/c24-21-4-3-5-22(23(21)25)34(31,32)28-16-9-20(18-28)10-17-33(29,30)27-14-7-19(8-15-27)6-13-26-11-1-2-12-26;/h3-5,19-20H,1-2,6-18H2;1H. The van der Waals surface area contributed by atoms with Gasteiger partial charge < -0.3 is 4.90 Å². The highest BCUT2D eigenvalue weighted by molar-refractivity contribution is 7.89. The van der Waals surface area contributed by atoms with Gasteiger partial charge in [-0.1, -0.05) is 29.3 Å². The Hall–Kier alpha value is -0.130. The fourth-order valence-electron chi connectivity index (χ4n) is 5.37. The maximum Gasteiger partial charge on any atom is 0.244 e. The third-order valence-corrected chi connectivity index (χ3v) is 12.3. The number of likely N-dealkylation sites (tertiary alicyclic amines) is 1. The molecule has 3 aliphatic heterocycles. The minimum absolute atomic E-state index is 0. The minimum Gasteiger partial charge on any atom is -0.303 e. The first-order valence-electron chi connectivity index (χ1n) is 12.3. The van der Waals surface area contributed by atoms with E-state index in [-0.39, 0.29) is 39.0 Å². The van der Waals surface area contributed by atoms with Gasteiger partial charge in [-0.25, -0.2) is 21.1 Å². The maximum atomic E-state index is 13.0. The van der Waals surface area contributed by atoms with E-state index < -0.39 is 20.0 Å². The summed E-state index contributed by atoms with van der Waals surface area (Å²) < 4.78 is 55.0. The molecule has 1 aromatic carbocycles. The minimum atomic E-state index is -3.76. The van der Waals surface area contributed by atoms with Gasteiger partial charge in [-0.05, 0) is 88.5 Å². The molecule has 0 radical (unpaired) electrons. The van der Waals surface area contributed by atoms with Crippen molar-refractivity contribution in [1.29, 1.82) is 0 Å². The van der Waals surface area contributed by atoms with E-state index in [2.05, 4.69) is 4.90 Å². The summed E-state index contributed by atoms with van der Waals surface area (Å²) in [4.78, 5) is 2.52. The Morgan fingerprint density at radius 1 is 0.829 bits per heavy atom. The number of halogens is 3. The molecule has 1 unspecified atom stereocenters. The largest absolute Gasteiger partial charge is 0.303 e. The number of hydrogen-bond acceptors (Lipinski definition) is 5. The van der Waals surface area contributed by atoms with Crippen LogP contribution in [0.1, 0.15) is 44.9 Å². The molecule has 1 aromatic rings. The van der Waals surface area contributed by atoms with Crippen LogP contribution in [-0.4, -0.2) is 81.9 Å². The first kappa shape index (κ1) is 29.4. The van der Waals surface area contributed by atoms with Crippen molar-refractivity contribution < 1.29 is 16.8 Å². The Balaban J connectivity index is 0.00000342. The van der Waals surface area contributed by atoms with Crippen molar-refractivity contribution in [3.8, 4) is 0 Å². The molecule has 1 atom stereocenters. The van der Waals surface area contributed by atoms with Crippen LogP contribution in [0.3, 0.4) is 0 Å². The number of piperidine rings is 1. The smallest absolute Gasteiger partial charge is 0.244 e. The Labute approximate surface area is 226 Å². The summed E-state index contributed by atoms with van der Waals surface area (Å²) in [6.07, 6.45) is 6.74. The second-order valence-corrected chi connectivity index (χ2v) is 14.6. The van der Waals surface area contributed by atoms with E-state index in [1.54, 1.807) is 16.4 Å². The van der Waals surface area contributed by atoms with Crippen LogP contribution in [0.15, 0.2) is 23.1 Å². The van der Waals surface area contributed by atoms with Crippen LogP contribution in [-0.2, 0) is 20.0 Å². The van der Waals surface area contributed by atoms with Gasteiger partial charge in [0.25, 0.3) is 0 Å². The molecule has 7 nitrogen and oxygen atoms in total. The zero-order valence-electron chi connectivity index (χ0n) is 19.9. The van der Waals surface area contributed by atoms with Crippen LogP contribution in [0.2, 0.25) is 10.0 Å². The van der Waals surface area contributed by atoms with Gasteiger partial charge in [0.2, 0.25) is 20.0 Å². The fourth-order valence-corrected chi connectivity index (χ4v) is 9.29. The van der Waals surface area contributed by atoms with Gasteiger partial charge in [0, 0.05) is 26.2 Å². The van der Waals surface area contributed by atoms with Crippen LogP contribution >= 0.6 is 35.6 Å². The molecule has 0 aliphatic carbocycles. The molecule has 12 heteroatoms. The summed E-state index contributed by atoms with van der Waals surface area (Å²) in [6.45, 7) is 5.42. The predicted octanol–water partition coefficient (Wildman–Crippen LogP) is 4.34. The Morgan fingerprint density at radius 3 is 2.14 bits per heavy atom. The third-order valence-electron chi connectivity index (χ3n) is 7.59. The molecule has 0 N–H and O–H groups in total. The van der Waals surface area contributed by atoms with Crippen molar-refractivity contribution in [1.82, 2.24) is 13.5 Å². The van der Waals surface area contributed by atoms with Gasteiger partial charge in [0.15, 0.2) is 0 Å². The number of sulfonamides is 2. The number of rotatable bonds is 9. The first-order chi connectivity index (χ1) is 16.2. The van der Waals surface area contributed by atoms with Crippen LogP contribution in [0.5, 0.6) is 0 Å². The molecule has 0 bridgehead atoms. The van der Waals surface area contributed by atoms with Crippen molar-refractivity contribution in [2.75, 3.05) is 51.6 Å². The predicted molar refractivity (Wildman–Crippen MR) is 144 cm³/mol. The van der Waals surface area contributed by atoms with Gasteiger partial charge >= 0.3 is 0 Å². The average Bonchev–Trinajstić information content (AvgIpc) is 3.51. The van der Waals surface area contributed by atoms with E-state index in [4.69, 9.17) is 23.2 Å². The van der Waals surface area contributed by atoms with Crippen LogP contribution in [0.4, 0.5) is 0 Å². The molecule has 200 valence electrons. The summed E-state index contributed by atoms with van der Waals surface area (Å²) in [7, 11) is -7.09. The normalized spacial score (nSPS) is 23.5. The molecule has 35 heavy (non-hydrogen) atoms. The Bertz CT molecular complexity index is 1060. The van der Waals surface area contributed by atoms with Gasteiger partial charge in [-0.15, -0.1) is 12.4 Å². The summed E-state index contributed by atoms with van der Waals surface area (Å²) >= 11 is 12.1. The molecule has 0 saturated carbocycles. The van der Waals surface area contributed by atoms with E-state index in [1.807, 2.05) is 0 Å². The van der Waals surface area contributed by atoms with E-state index >= 15 is 0 Å². The zero-order chi connectivity index (χ0) is 24.3.